The second kappa shape index (κ2) is 5.55. The molecule has 1 aliphatic carbocycles. The number of carbonyl (C=O) groups excluding carboxylic acids is 1. The number of aryl methyl sites for hydroxylation is 1. The summed E-state index contributed by atoms with van der Waals surface area (Å²) in [6, 6.07) is 4.31. The molecular weight excluding hydrogens is 286 g/mol. The summed E-state index contributed by atoms with van der Waals surface area (Å²) < 4.78 is 7.28. The standard InChI is InChI=1S/C20H25NO2/c1-6-14-12-15-9-7-8-13(2)17(15)18-16(14)10-11-21(18)19(22)23-20(3,4)5/h7,9-13H,6,8H2,1-5H3/t13-/m0/s1. The quantitative estimate of drug-likeness (QED) is 0.695. The normalized spacial score (nSPS) is 17.3. The Morgan fingerprint density at radius 1 is 1.39 bits per heavy atom. The van der Waals surface area contributed by atoms with Gasteiger partial charge in [0.15, 0.2) is 0 Å². The predicted octanol–water partition coefficient (Wildman–Crippen LogP) is 5.51. The second-order valence-electron chi connectivity index (χ2n) is 7.36. The van der Waals surface area contributed by atoms with Crippen LogP contribution in [0.1, 0.15) is 63.6 Å². The molecule has 0 radical (unpaired) electrons. The molecule has 1 heterocycles. The highest BCUT2D eigenvalue weighted by Gasteiger charge is 2.24. The van der Waals surface area contributed by atoms with E-state index in [4.69, 9.17) is 4.74 Å². The van der Waals surface area contributed by atoms with Crippen LogP contribution in [0.5, 0.6) is 0 Å². The van der Waals surface area contributed by atoms with Gasteiger partial charge in [-0.2, -0.15) is 0 Å². The predicted molar refractivity (Wildman–Crippen MR) is 95.0 cm³/mol. The first kappa shape index (κ1) is 15.9. The van der Waals surface area contributed by atoms with Crippen molar-refractivity contribution in [3.8, 4) is 0 Å². The number of ether oxygens (including phenoxy) is 1. The van der Waals surface area contributed by atoms with Crippen molar-refractivity contribution in [1.29, 1.82) is 0 Å². The Morgan fingerprint density at radius 3 is 2.78 bits per heavy atom. The topological polar surface area (TPSA) is 31.2 Å². The molecule has 0 fully saturated rings. The molecule has 0 saturated heterocycles. The zero-order valence-corrected chi connectivity index (χ0v) is 14.6. The number of allylic oxidation sites excluding steroid dienone is 1. The molecule has 0 amide bonds. The van der Waals surface area contributed by atoms with E-state index in [-0.39, 0.29) is 6.09 Å². The average Bonchev–Trinajstić information content (AvgIpc) is 2.89. The third-order valence-corrected chi connectivity index (χ3v) is 4.38. The van der Waals surface area contributed by atoms with E-state index in [1.807, 2.05) is 33.0 Å². The third kappa shape index (κ3) is 2.80. The first-order valence-corrected chi connectivity index (χ1v) is 8.38. The summed E-state index contributed by atoms with van der Waals surface area (Å²) in [4.78, 5) is 12.7. The summed E-state index contributed by atoms with van der Waals surface area (Å²) in [6.07, 6.45) is 7.91. The van der Waals surface area contributed by atoms with Gasteiger partial charge in [0.25, 0.3) is 0 Å². The monoisotopic (exact) mass is 311 g/mol. The summed E-state index contributed by atoms with van der Waals surface area (Å²) in [5.41, 5.74) is 4.29. The SMILES string of the molecule is CCc1cc2c(c3c1ccn3C(=O)OC(C)(C)C)[C@@H](C)CC=C2. The van der Waals surface area contributed by atoms with Gasteiger partial charge in [-0.05, 0) is 62.3 Å². The number of carbonyl (C=O) groups is 1. The zero-order chi connectivity index (χ0) is 16.8. The van der Waals surface area contributed by atoms with Crippen molar-refractivity contribution in [2.24, 2.45) is 0 Å². The van der Waals surface area contributed by atoms with Gasteiger partial charge >= 0.3 is 6.09 Å². The minimum absolute atomic E-state index is 0.301. The van der Waals surface area contributed by atoms with Gasteiger partial charge in [-0.1, -0.05) is 32.1 Å². The van der Waals surface area contributed by atoms with Crippen molar-refractivity contribution in [3.05, 3.63) is 41.1 Å². The summed E-state index contributed by atoms with van der Waals surface area (Å²) in [5, 5.41) is 1.17. The minimum Gasteiger partial charge on any atom is -0.443 e. The molecule has 0 N–H and O–H groups in total. The molecule has 3 heteroatoms. The molecule has 1 aromatic carbocycles. The molecule has 1 atom stereocenters. The Balaban J connectivity index is 2.25. The average molecular weight is 311 g/mol. The highest BCUT2D eigenvalue weighted by molar-refractivity contribution is 5.96. The number of aromatic nitrogens is 1. The fourth-order valence-corrected chi connectivity index (χ4v) is 3.37. The molecule has 0 spiro atoms. The molecule has 3 nitrogen and oxygen atoms in total. The van der Waals surface area contributed by atoms with E-state index >= 15 is 0 Å². The van der Waals surface area contributed by atoms with E-state index in [1.54, 1.807) is 4.57 Å². The maximum Gasteiger partial charge on any atom is 0.419 e. The van der Waals surface area contributed by atoms with E-state index in [9.17, 15) is 4.79 Å². The molecule has 23 heavy (non-hydrogen) atoms. The third-order valence-electron chi connectivity index (χ3n) is 4.38. The highest BCUT2D eigenvalue weighted by Crippen LogP contribution is 2.38. The van der Waals surface area contributed by atoms with Crippen molar-refractivity contribution in [2.45, 2.75) is 59.0 Å². The van der Waals surface area contributed by atoms with Crippen LogP contribution in [0.3, 0.4) is 0 Å². The van der Waals surface area contributed by atoms with Crippen LogP contribution in [-0.4, -0.2) is 16.3 Å². The number of hydrogen-bond acceptors (Lipinski definition) is 2. The number of fused-ring (bicyclic) bond motifs is 3. The van der Waals surface area contributed by atoms with Crippen LogP contribution in [0.15, 0.2) is 24.4 Å². The summed E-state index contributed by atoms with van der Waals surface area (Å²) >= 11 is 0. The molecule has 3 rings (SSSR count). The maximum absolute atomic E-state index is 12.7. The van der Waals surface area contributed by atoms with E-state index in [2.05, 4.69) is 32.1 Å². The number of rotatable bonds is 1. The largest absolute Gasteiger partial charge is 0.443 e. The Kier molecular flexibility index (Phi) is 3.83. The number of benzene rings is 1. The van der Waals surface area contributed by atoms with E-state index in [1.165, 1.54) is 22.1 Å². The van der Waals surface area contributed by atoms with Crippen molar-refractivity contribution >= 4 is 23.1 Å². The first-order chi connectivity index (χ1) is 10.8. The van der Waals surface area contributed by atoms with Crippen LogP contribution in [-0.2, 0) is 11.2 Å². The summed E-state index contributed by atoms with van der Waals surface area (Å²) in [5.74, 6) is 0.402. The number of nitrogens with zero attached hydrogens (tertiary/aromatic N) is 1. The van der Waals surface area contributed by atoms with Gasteiger partial charge < -0.3 is 4.74 Å². The second-order valence-corrected chi connectivity index (χ2v) is 7.36. The molecular formula is C20H25NO2. The van der Waals surface area contributed by atoms with E-state index in [0.29, 0.717) is 5.92 Å². The van der Waals surface area contributed by atoms with Gasteiger partial charge in [0.05, 0.1) is 5.52 Å². The number of hydrogen-bond donors (Lipinski definition) is 0. The lowest BCUT2D eigenvalue weighted by Gasteiger charge is -2.23. The maximum atomic E-state index is 12.7. The smallest absolute Gasteiger partial charge is 0.419 e. The van der Waals surface area contributed by atoms with Crippen molar-refractivity contribution in [1.82, 2.24) is 4.57 Å². The Morgan fingerprint density at radius 2 is 2.13 bits per heavy atom. The first-order valence-electron chi connectivity index (χ1n) is 8.38. The Hall–Kier alpha value is -2.03. The molecule has 1 aromatic heterocycles. The molecule has 0 bridgehead atoms. The summed E-state index contributed by atoms with van der Waals surface area (Å²) in [7, 11) is 0. The lowest BCUT2D eigenvalue weighted by Crippen LogP contribution is -2.27. The van der Waals surface area contributed by atoms with Crippen LogP contribution in [0.4, 0.5) is 4.79 Å². The van der Waals surface area contributed by atoms with Crippen LogP contribution in [0.25, 0.3) is 17.0 Å². The minimum atomic E-state index is -0.498. The Bertz CT molecular complexity index is 790. The van der Waals surface area contributed by atoms with Gasteiger partial charge in [0.1, 0.15) is 5.60 Å². The van der Waals surface area contributed by atoms with Gasteiger partial charge in [-0.25, -0.2) is 4.79 Å². The Labute approximate surface area is 137 Å². The lowest BCUT2D eigenvalue weighted by molar-refractivity contribution is 0.0544. The fraction of sp³-hybridized carbons (Fsp3) is 0.450. The van der Waals surface area contributed by atoms with Crippen LogP contribution in [0.2, 0.25) is 0 Å². The van der Waals surface area contributed by atoms with Crippen LogP contribution in [0, 0.1) is 0 Å². The highest BCUT2D eigenvalue weighted by atomic mass is 16.6. The molecule has 2 aromatic rings. The molecule has 122 valence electrons. The summed E-state index contributed by atoms with van der Waals surface area (Å²) in [6.45, 7) is 10.1. The van der Waals surface area contributed by atoms with Gasteiger partial charge in [-0.15, -0.1) is 0 Å². The molecule has 1 aliphatic rings. The molecule has 0 aliphatic heterocycles. The van der Waals surface area contributed by atoms with Gasteiger partial charge in [-0.3, -0.25) is 4.57 Å². The van der Waals surface area contributed by atoms with Crippen LogP contribution < -0.4 is 0 Å². The fourth-order valence-electron chi connectivity index (χ4n) is 3.37. The van der Waals surface area contributed by atoms with E-state index < -0.39 is 5.60 Å². The lowest BCUT2D eigenvalue weighted by atomic mass is 9.85. The molecule has 0 saturated carbocycles. The van der Waals surface area contributed by atoms with Crippen molar-refractivity contribution < 1.29 is 9.53 Å². The van der Waals surface area contributed by atoms with Gasteiger partial charge in [0.2, 0.25) is 0 Å². The molecule has 0 unspecified atom stereocenters. The van der Waals surface area contributed by atoms with E-state index in [0.717, 1.165) is 18.4 Å². The van der Waals surface area contributed by atoms with Crippen molar-refractivity contribution in [3.63, 3.8) is 0 Å². The van der Waals surface area contributed by atoms with Crippen molar-refractivity contribution in [2.75, 3.05) is 0 Å². The van der Waals surface area contributed by atoms with Crippen LogP contribution >= 0.6 is 0 Å². The zero-order valence-electron chi connectivity index (χ0n) is 14.6. The van der Waals surface area contributed by atoms with Gasteiger partial charge in [0, 0.05) is 11.6 Å².